The molecule has 0 aromatic rings. The molecule has 1 aliphatic heterocycles. The Balaban J connectivity index is 0.000000640. The summed E-state index contributed by atoms with van der Waals surface area (Å²) in [6, 6.07) is -1.09. The molecule has 0 saturated carbocycles. The van der Waals surface area contributed by atoms with Crippen LogP contribution in [0.5, 0.6) is 0 Å². The molecule has 0 aliphatic carbocycles. The van der Waals surface area contributed by atoms with E-state index in [0.29, 0.717) is 0 Å². The second-order valence-corrected chi connectivity index (χ2v) is 1.88. The fourth-order valence-electron chi connectivity index (χ4n) is 0.551. The largest absolute Gasteiger partial charge is 0.373 e. The van der Waals surface area contributed by atoms with Gasteiger partial charge in [0, 0.05) is 0 Å². The van der Waals surface area contributed by atoms with Crippen LogP contribution in [-0.2, 0) is 4.74 Å². The predicted octanol–water partition coefficient (Wildman–Crippen LogP) is 0.401. The van der Waals surface area contributed by atoms with Gasteiger partial charge in [-0.25, -0.2) is 8.78 Å². The Morgan fingerprint density at radius 2 is 2.11 bits per heavy atom. The third-order valence-electron chi connectivity index (χ3n) is 1.13. The lowest BCUT2D eigenvalue weighted by Crippen LogP contribution is -2.38. The van der Waals surface area contributed by atoms with Crippen LogP contribution in [-0.4, -0.2) is 25.2 Å². The van der Waals surface area contributed by atoms with Gasteiger partial charge in [-0.1, -0.05) is 0 Å². The monoisotopic (exact) mass is 159 g/mol. The van der Waals surface area contributed by atoms with E-state index in [4.69, 9.17) is 5.73 Å². The first-order chi connectivity index (χ1) is 3.63. The van der Waals surface area contributed by atoms with E-state index in [1.54, 1.807) is 0 Å². The quantitative estimate of drug-likeness (QED) is 0.556. The molecular formula is C4H8ClF2NO. The topological polar surface area (TPSA) is 35.2 Å². The van der Waals surface area contributed by atoms with Crippen molar-refractivity contribution in [1.29, 1.82) is 0 Å². The van der Waals surface area contributed by atoms with E-state index >= 15 is 0 Å². The van der Waals surface area contributed by atoms with Gasteiger partial charge in [-0.15, -0.1) is 12.4 Å². The molecule has 9 heavy (non-hydrogen) atoms. The first kappa shape index (κ1) is 9.07. The van der Waals surface area contributed by atoms with E-state index in [9.17, 15) is 8.78 Å². The third-order valence-corrected chi connectivity index (χ3v) is 1.13. The average molecular weight is 160 g/mol. The maximum atomic E-state index is 12.1. The lowest BCUT2D eigenvalue weighted by molar-refractivity contribution is -0.0166. The summed E-state index contributed by atoms with van der Waals surface area (Å²) in [5.74, 6) is -2.79. The highest BCUT2D eigenvalue weighted by atomic mass is 35.5. The summed E-state index contributed by atoms with van der Waals surface area (Å²) in [6.45, 7) is -0.541. The minimum atomic E-state index is -2.79. The van der Waals surface area contributed by atoms with Gasteiger partial charge in [0.2, 0.25) is 0 Å². The normalized spacial score (nSPS) is 31.7. The molecule has 0 spiro atoms. The van der Waals surface area contributed by atoms with Crippen LogP contribution in [0.1, 0.15) is 0 Å². The second-order valence-electron chi connectivity index (χ2n) is 1.88. The number of ether oxygens (including phenoxy) is 1. The highest BCUT2D eigenvalue weighted by molar-refractivity contribution is 5.85. The van der Waals surface area contributed by atoms with Crippen molar-refractivity contribution in [3.8, 4) is 0 Å². The summed E-state index contributed by atoms with van der Waals surface area (Å²) in [6.07, 6.45) is 0. The van der Waals surface area contributed by atoms with Gasteiger partial charge in [0.15, 0.2) is 0 Å². The molecule has 2 nitrogen and oxygen atoms in total. The molecule has 0 aromatic carbocycles. The maximum absolute atomic E-state index is 12.1. The Kier molecular flexibility index (Phi) is 2.79. The maximum Gasteiger partial charge on any atom is 0.287 e. The first-order valence-corrected chi connectivity index (χ1v) is 2.34. The summed E-state index contributed by atoms with van der Waals surface area (Å²) >= 11 is 0. The molecule has 1 rings (SSSR count). The van der Waals surface area contributed by atoms with Crippen LogP contribution in [0.15, 0.2) is 0 Å². The number of hydrogen-bond acceptors (Lipinski definition) is 2. The van der Waals surface area contributed by atoms with Gasteiger partial charge < -0.3 is 10.5 Å². The molecule has 56 valence electrons. The molecule has 1 atom stereocenters. The fourth-order valence-corrected chi connectivity index (χ4v) is 0.551. The van der Waals surface area contributed by atoms with Crippen LogP contribution in [0.2, 0.25) is 0 Å². The van der Waals surface area contributed by atoms with Crippen molar-refractivity contribution >= 4 is 12.4 Å². The van der Waals surface area contributed by atoms with Crippen LogP contribution in [0.3, 0.4) is 0 Å². The number of rotatable bonds is 0. The highest BCUT2D eigenvalue weighted by Gasteiger charge is 2.42. The first-order valence-electron chi connectivity index (χ1n) is 2.34. The van der Waals surface area contributed by atoms with E-state index < -0.39 is 18.6 Å². The minimum Gasteiger partial charge on any atom is -0.373 e. The van der Waals surface area contributed by atoms with Crippen molar-refractivity contribution in [3.63, 3.8) is 0 Å². The zero-order chi connectivity index (χ0) is 6.20. The smallest absolute Gasteiger partial charge is 0.287 e. The molecule has 5 heteroatoms. The second kappa shape index (κ2) is 2.77. The van der Waals surface area contributed by atoms with Gasteiger partial charge in [-0.2, -0.15) is 0 Å². The number of nitrogens with two attached hydrogens (primary N) is 1. The summed E-state index contributed by atoms with van der Waals surface area (Å²) in [7, 11) is 0. The van der Waals surface area contributed by atoms with Crippen molar-refractivity contribution < 1.29 is 13.5 Å². The van der Waals surface area contributed by atoms with Crippen molar-refractivity contribution in [3.05, 3.63) is 0 Å². The molecule has 0 amide bonds. The molecule has 1 aliphatic rings. The molecule has 1 fully saturated rings. The molecule has 1 heterocycles. The van der Waals surface area contributed by atoms with Gasteiger partial charge >= 0.3 is 0 Å². The number of halogens is 3. The Hall–Kier alpha value is 0.0700. The van der Waals surface area contributed by atoms with Crippen molar-refractivity contribution in [2.45, 2.75) is 12.0 Å². The molecule has 1 saturated heterocycles. The van der Waals surface area contributed by atoms with Crippen LogP contribution in [0.25, 0.3) is 0 Å². The van der Waals surface area contributed by atoms with Crippen molar-refractivity contribution in [1.82, 2.24) is 0 Å². The predicted molar refractivity (Wildman–Crippen MR) is 31.0 cm³/mol. The molecule has 0 bridgehead atoms. The summed E-state index contributed by atoms with van der Waals surface area (Å²) in [5, 5.41) is 0. The number of hydrogen-bond donors (Lipinski definition) is 1. The molecule has 0 aromatic heterocycles. The van der Waals surface area contributed by atoms with E-state index in [0.717, 1.165) is 0 Å². The average Bonchev–Trinajstić information content (AvgIpc) is 1.86. The highest BCUT2D eigenvalue weighted by Crippen LogP contribution is 2.22. The number of alkyl halides is 2. The fraction of sp³-hybridized carbons (Fsp3) is 1.00. The Bertz CT molecular complexity index is 101. The van der Waals surface area contributed by atoms with Crippen LogP contribution < -0.4 is 5.73 Å². The standard InChI is InChI=1S/C4H7F2NO.ClH/c5-4(6)2-8-1-3(4)7;/h3H,1-2,7H2;1H/t3-;/m1./s1. The zero-order valence-electron chi connectivity index (χ0n) is 4.64. The molecule has 0 unspecified atom stereocenters. The van der Waals surface area contributed by atoms with Gasteiger partial charge in [-0.3, -0.25) is 0 Å². The van der Waals surface area contributed by atoms with E-state index in [1.807, 2.05) is 0 Å². The molecule has 2 N–H and O–H groups in total. The SMILES string of the molecule is Cl.N[C@@H]1COCC1(F)F. The Morgan fingerprint density at radius 3 is 2.22 bits per heavy atom. The van der Waals surface area contributed by atoms with E-state index in [1.165, 1.54) is 0 Å². The van der Waals surface area contributed by atoms with E-state index in [-0.39, 0.29) is 19.0 Å². The Morgan fingerprint density at radius 1 is 1.56 bits per heavy atom. The lowest BCUT2D eigenvalue weighted by atomic mass is 10.2. The lowest BCUT2D eigenvalue weighted by Gasteiger charge is -2.09. The Labute approximate surface area is 57.8 Å². The van der Waals surface area contributed by atoms with Gasteiger partial charge in [0.25, 0.3) is 5.92 Å². The third kappa shape index (κ3) is 1.74. The molecular weight excluding hydrogens is 151 g/mol. The summed E-state index contributed by atoms with van der Waals surface area (Å²) < 4.78 is 28.6. The summed E-state index contributed by atoms with van der Waals surface area (Å²) in [4.78, 5) is 0. The molecule has 0 radical (unpaired) electrons. The van der Waals surface area contributed by atoms with Crippen molar-refractivity contribution in [2.24, 2.45) is 5.73 Å². The van der Waals surface area contributed by atoms with E-state index in [2.05, 4.69) is 4.74 Å². The summed E-state index contributed by atoms with van der Waals surface area (Å²) in [5.41, 5.74) is 4.94. The van der Waals surface area contributed by atoms with Gasteiger partial charge in [0.05, 0.1) is 12.6 Å². The van der Waals surface area contributed by atoms with Gasteiger partial charge in [0.1, 0.15) is 6.61 Å². The van der Waals surface area contributed by atoms with Crippen LogP contribution in [0.4, 0.5) is 8.78 Å². The van der Waals surface area contributed by atoms with Gasteiger partial charge in [-0.05, 0) is 0 Å². The van der Waals surface area contributed by atoms with Crippen LogP contribution >= 0.6 is 12.4 Å². The minimum absolute atomic E-state index is 0. The van der Waals surface area contributed by atoms with Crippen LogP contribution in [0, 0.1) is 0 Å². The van der Waals surface area contributed by atoms with Crippen molar-refractivity contribution in [2.75, 3.05) is 13.2 Å². The zero-order valence-corrected chi connectivity index (χ0v) is 5.46.